The molecule has 13 heavy (non-hydrogen) atoms. The summed E-state index contributed by atoms with van der Waals surface area (Å²) < 4.78 is 0. The molecule has 0 unspecified atom stereocenters. The van der Waals surface area contributed by atoms with Crippen LogP contribution < -0.4 is 0 Å². The Labute approximate surface area is 80.0 Å². The summed E-state index contributed by atoms with van der Waals surface area (Å²) in [5.41, 5.74) is 1.52. The van der Waals surface area contributed by atoms with Crippen LogP contribution in [0.2, 0.25) is 0 Å². The third-order valence-electron chi connectivity index (χ3n) is 1.49. The van der Waals surface area contributed by atoms with Gasteiger partial charge in [0.25, 0.3) is 0 Å². The van der Waals surface area contributed by atoms with E-state index in [-0.39, 0.29) is 6.42 Å². The fourth-order valence-electron chi connectivity index (χ4n) is 0.902. The Morgan fingerprint density at radius 1 is 1.69 bits per heavy atom. The van der Waals surface area contributed by atoms with Crippen molar-refractivity contribution < 1.29 is 9.90 Å². The number of rotatable bonds is 4. The van der Waals surface area contributed by atoms with Crippen LogP contribution in [0.5, 0.6) is 0 Å². The Balaban J connectivity index is 4.53. The number of nitrogens with zero attached hydrogens (tertiary/aromatic N) is 1. The molecule has 1 N–H and O–H groups in total. The zero-order valence-corrected chi connectivity index (χ0v) is 8.29. The fourth-order valence-corrected chi connectivity index (χ4v) is 0.902. The van der Waals surface area contributed by atoms with Gasteiger partial charge in [0.15, 0.2) is 0 Å². The molecule has 0 bridgehead atoms. The number of carbonyl (C=O) groups is 1. The second-order valence-corrected chi connectivity index (χ2v) is 2.95. The molecule has 0 radical (unpaired) electrons. The van der Waals surface area contributed by atoms with E-state index in [1.165, 1.54) is 0 Å². The summed E-state index contributed by atoms with van der Waals surface area (Å²) in [6.45, 7) is 1.77. The van der Waals surface area contributed by atoms with Gasteiger partial charge in [0.1, 0.15) is 0 Å². The maximum atomic E-state index is 10.3. The fraction of sp³-hybridized carbons (Fsp3) is 0.375. The summed E-state index contributed by atoms with van der Waals surface area (Å²) in [6, 6.07) is 0. The van der Waals surface area contributed by atoms with Gasteiger partial charge in [-0.15, -0.1) is 0 Å². The first-order chi connectivity index (χ1) is 5.97. The van der Waals surface area contributed by atoms with E-state index in [1.54, 1.807) is 20.0 Å². The van der Waals surface area contributed by atoms with Crippen molar-refractivity contribution in [1.29, 1.82) is 0 Å². The number of allylic oxidation sites excluding steroid dienone is 1. The first-order valence-electron chi connectivity index (χ1n) is 3.99. The summed E-state index contributed by atoms with van der Waals surface area (Å²) in [5, 5.41) is 9.34. The predicted molar refractivity (Wildman–Crippen MR) is 60.1 cm³/mol. The van der Waals surface area contributed by atoms with E-state index in [4.69, 9.17) is 5.11 Å². The molecule has 0 aliphatic heterocycles. The van der Waals surface area contributed by atoms with Gasteiger partial charge in [-0.2, -0.15) is 0 Å². The van der Waals surface area contributed by atoms with E-state index in [0.29, 0.717) is 0 Å². The standard InChI is InChI=1S/C8H13B2NO2/c1-5(4-7(12)13)3-6(11-2)8(9)10/h3,9H,4,10H2,1-2H3,(H,12,13)/b5-3+,11-6+. The van der Waals surface area contributed by atoms with Gasteiger partial charge in [-0.25, -0.2) is 0 Å². The van der Waals surface area contributed by atoms with Gasteiger partial charge in [-0.3, -0.25) is 0 Å². The van der Waals surface area contributed by atoms with E-state index in [1.807, 2.05) is 7.85 Å². The molecule has 0 aliphatic carbocycles. The third-order valence-corrected chi connectivity index (χ3v) is 1.49. The van der Waals surface area contributed by atoms with Gasteiger partial charge < -0.3 is 0 Å². The summed E-state index contributed by atoms with van der Waals surface area (Å²) in [4.78, 5) is 14.3. The quantitative estimate of drug-likeness (QED) is 0.448. The van der Waals surface area contributed by atoms with Gasteiger partial charge in [0.2, 0.25) is 0 Å². The number of carboxylic acid groups (broad SMARTS) is 1. The van der Waals surface area contributed by atoms with Gasteiger partial charge in [-0.1, -0.05) is 0 Å². The van der Waals surface area contributed by atoms with Gasteiger partial charge in [-0.05, 0) is 0 Å². The summed E-state index contributed by atoms with van der Waals surface area (Å²) in [6.07, 6.45) is 1.79. The van der Waals surface area contributed by atoms with Crippen molar-refractivity contribution in [2.45, 2.75) is 13.3 Å². The average Bonchev–Trinajstić information content (AvgIpc) is 1.98. The third kappa shape index (κ3) is 5.17. The number of carboxylic acids is 1. The van der Waals surface area contributed by atoms with Gasteiger partial charge in [0.05, 0.1) is 0 Å². The predicted octanol–water partition coefficient (Wildman–Crippen LogP) is -0.858. The molecule has 0 saturated carbocycles. The Morgan fingerprint density at radius 3 is 2.54 bits per heavy atom. The van der Waals surface area contributed by atoms with Crippen molar-refractivity contribution in [3.05, 3.63) is 11.6 Å². The van der Waals surface area contributed by atoms with Crippen LogP contribution in [-0.4, -0.2) is 44.5 Å². The monoisotopic (exact) mass is 177 g/mol. The van der Waals surface area contributed by atoms with Gasteiger partial charge >= 0.3 is 79.3 Å². The van der Waals surface area contributed by atoms with Crippen LogP contribution >= 0.6 is 0 Å². The van der Waals surface area contributed by atoms with Crippen molar-refractivity contribution in [2.75, 3.05) is 7.05 Å². The first kappa shape index (κ1) is 11.9. The SMILES string of the molecule is B=C(B)C(/C=C(\C)CC(=O)O)=N/C. The number of hydrogen-bond donors (Lipinski definition) is 1. The molecule has 0 atom stereocenters. The van der Waals surface area contributed by atoms with E-state index in [9.17, 15) is 4.79 Å². The average molecular weight is 177 g/mol. The molecule has 0 aromatic heterocycles. The molecule has 0 spiro atoms. The van der Waals surface area contributed by atoms with E-state index < -0.39 is 5.97 Å². The van der Waals surface area contributed by atoms with Crippen molar-refractivity contribution in [1.82, 2.24) is 0 Å². The number of aliphatic imine (C=N–C) groups is 1. The van der Waals surface area contributed by atoms with Gasteiger partial charge in [0, 0.05) is 0 Å². The summed E-state index contributed by atoms with van der Waals surface area (Å²) in [5.74, 6) is -0.828. The molecule has 0 aromatic carbocycles. The Kier molecular flexibility index (Phi) is 5.04. The number of hydrogen-bond acceptors (Lipinski definition) is 2. The minimum atomic E-state index is -0.828. The molecule has 0 saturated heterocycles. The minimum absolute atomic E-state index is 0.0479. The summed E-state index contributed by atoms with van der Waals surface area (Å²) in [7, 11) is 7.24. The Morgan fingerprint density at radius 2 is 2.23 bits per heavy atom. The molecular weight excluding hydrogens is 164 g/mol. The molecule has 0 aromatic rings. The second-order valence-electron chi connectivity index (χ2n) is 2.95. The topological polar surface area (TPSA) is 49.7 Å². The zero-order chi connectivity index (χ0) is 10.4. The van der Waals surface area contributed by atoms with Crippen molar-refractivity contribution >= 4 is 32.4 Å². The molecule has 0 amide bonds. The molecule has 0 rings (SSSR count). The molecule has 0 heterocycles. The van der Waals surface area contributed by atoms with Crippen LogP contribution in [0.15, 0.2) is 16.6 Å². The molecular formula is C8H13B2NO2. The first-order valence-corrected chi connectivity index (χ1v) is 3.99. The van der Waals surface area contributed by atoms with Crippen LogP contribution in [0.25, 0.3) is 0 Å². The van der Waals surface area contributed by atoms with E-state index >= 15 is 0 Å². The molecule has 5 heteroatoms. The maximum absolute atomic E-state index is 10.3. The van der Waals surface area contributed by atoms with Crippen LogP contribution in [0.1, 0.15) is 13.3 Å². The second kappa shape index (κ2) is 5.51. The molecule has 0 fully saturated rings. The Bertz CT molecular complexity index is 282. The molecule has 3 nitrogen and oxygen atoms in total. The van der Waals surface area contributed by atoms with Crippen LogP contribution in [-0.2, 0) is 4.79 Å². The normalized spacial score (nSPS) is 12.7. The van der Waals surface area contributed by atoms with Crippen molar-refractivity contribution in [3.8, 4) is 0 Å². The van der Waals surface area contributed by atoms with E-state index in [0.717, 1.165) is 16.6 Å². The van der Waals surface area contributed by atoms with Crippen LogP contribution in [0.3, 0.4) is 0 Å². The molecule has 0 aliphatic rings. The summed E-state index contributed by atoms with van der Waals surface area (Å²) >= 11 is 0. The molecule has 68 valence electrons. The Hall–Kier alpha value is -1.12. The number of aliphatic carboxylic acids is 1. The van der Waals surface area contributed by atoms with E-state index in [2.05, 4.69) is 12.5 Å². The van der Waals surface area contributed by atoms with Crippen LogP contribution in [0, 0.1) is 0 Å². The zero-order valence-electron chi connectivity index (χ0n) is 8.29. The van der Waals surface area contributed by atoms with Crippen molar-refractivity contribution in [2.24, 2.45) is 4.99 Å². The van der Waals surface area contributed by atoms with Crippen molar-refractivity contribution in [3.63, 3.8) is 0 Å². The van der Waals surface area contributed by atoms with Crippen LogP contribution in [0.4, 0.5) is 0 Å².